The van der Waals surface area contributed by atoms with E-state index >= 15 is 0 Å². The number of amides is 2. The van der Waals surface area contributed by atoms with E-state index < -0.39 is 0 Å². The van der Waals surface area contributed by atoms with Gasteiger partial charge in [0.1, 0.15) is 5.82 Å². The van der Waals surface area contributed by atoms with Crippen LogP contribution in [0.15, 0.2) is 53.8 Å². The van der Waals surface area contributed by atoms with E-state index in [-0.39, 0.29) is 11.2 Å². The van der Waals surface area contributed by atoms with E-state index in [1.54, 1.807) is 29.8 Å². The van der Waals surface area contributed by atoms with Gasteiger partial charge in [-0.1, -0.05) is 90.6 Å². The number of thioether (sulfide) groups is 2. The number of aromatic amines is 2. The smallest absolute Gasteiger partial charge is 0.236 e. The first-order valence-electron chi connectivity index (χ1n) is 17.7. The molecule has 280 valence electrons. The number of thiol groups is 1. The summed E-state index contributed by atoms with van der Waals surface area (Å²) in [6.45, 7) is 17.1. The second-order valence-electron chi connectivity index (χ2n) is 12.5. The van der Waals surface area contributed by atoms with Gasteiger partial charge in [-0.05, 0) is 85.8 Å². The SMILES string of the molecule is CCC(C)C.CCCN(Cc1ncc(-c2ccc(C#Cc3ccc4nc(SC)[nH]c4c3)cc2)[nH]1)C(=O)C(CC(C)C)SC.CCCNC=O.CS. The Morgan fingerprint density at radius 1 is 0.961 bits per heavy atom. The summed E-state index contributed by atoms with van der Waals surface area (Å²) in [5.41, 5.74) is 5.80. The van der Waals surface area contributed by atoms with Crippen molar-refractivity contribution < 1.29 is 9.59 Å². The lowest BCUT2D eigenvalue weighted by Crippen LogP contribution is -2.38. The Balaban J connectivity index is 0.000000860. The molecule has 3 N–H and O–H groups in total. The Morgan fingerprint density at radius 3 is 2.14 bits per heavy atom. The summed E-state index contributed by atoms with van der Waals surface area (Å²) < 4.78 is 0. The van der Waals surface area contributed by atoms with Gasteiger partial charge in [0.2, 0.25) is 12.3 Å². The summed E-state index contributed by atoms with van der Waals surface area (Å²) in [5, 5.41) is 3.41. The Hall–Kier alpha value is -3.33. The molecule has 0 saturated heterocycles. The zero-order chi connectivity index (χ0) is 38.2. The second-order valence-corrected chi connectivity index (χ2v) is 14.4. The molecule has 2 aromatic carbocycles. The van der Waals surface area contributed by atoms with Gasteiger partial charge < -0.3 is 20.2 Å². The number of aromatic nitrogens is 4. The summed E-state index contributed by atoms with van der Waals surface area (Å²) in [5.74, 6) is 8.87. The van der Waals surface area contributed by atoms with Crippen LogP contribution in [0.5, 0.6) is 0 Å². The predicted molar refractivity (Wildman–Crippen MR) is 225 cm³/mol. The average Bonchev–Trinajstić information content (AvgIpc) is 3.80. The van der Waals surface area contributed by atoms with Crippen molar-refractivity contribution in [2.24, 2.45) is 11.8 Å². The molecule has 4 rings (SSSR count). The minimum Gasteiger partial charge on any atom is -0.359 e. The number of fused-ring (bicyclic) bond motifs is 1. The van der Waals surface area contributed by atoms with Crippen molar-refractivity contribution in [1.29, 1.82) is 0 Å². The van der Waals surface area contributed by atoms with Gasteiger partial charge in [0.25, 0.3) is 0 Å². The zero-order valence-corrected chi connectivity index (χ0v) is 34.8. The first-order valence-corrected chi connectivity index (χ1v) is 21.1. The topological polar surface area (TPSA) is 107 Å². The highest BCUT2D eigenvalue weighted by Crippen LogP contribution is 2.22. The minimum atomic E-state index is -0.0150. The molecule has 2 heterocycles. The number of rotatable bonds is 14. The van der Waals surface area contributed by atoms with Crippen LogP contribution in [0, 0.1) is 23.7 Å². The highest BCUT2D eigenvalue weighted by Gasteiger charge is 2.25. The molecule has 0 saturated carbocycles. The highest BCUT2D eigenvalue weighted by molar-refractivity contribution is 7.99. The largest absolute Gasteiger partial charge is 0.359 e. The van der Waals surface area contributed by atoms with Crippen LogP contribution >= 0.6 is 36.2 Å². The second kappa shape index (κ2) is 26.4. The van der Waals surface area contributed by atoms with E-state index in [1.807, 2.05) is 73.0 Å². The van der Waals surface area contributed by atoms with Gasteiger partial charge >= 0.3 is 0 Å². The van der Waals surface area contributed by atoms with Crippen LogP contribution in [0.3, 0.4) is 0 Å². The van der Waals surface area contributed by atoms with Crippen molar-refractivity contribution in [2.45, 2.75) is 91.1 Å². The van der Waals surface area contributed by atoms with Crippen LogP contribution in [0.25, 0.3) is 22.3 Å². The first kappa shape index (κ1) is 45.7. The summed E-state index contributed by atoms with van der Waals surface area (Å²) in [6, 6.07) is 14.2. The van der Waals surface area contributed by atoms with Gasteiger partial charge in [-0.25, -0.2) is 9.97 Å². The van der Waals surface area contributed by atoms with E-state index in [4.69, 9.17) is 0 Å². The van der Waals surface area contributed by atoms with Crippen molar-refractivity contribution in [3.05, 3.63) is 65.6 Å². The van der Waals surface area contributed by atoms with E-state index in [9.17, 15) is 9.59 Å². The van der Waals surface area contributed by atoms with Crippen molar-refractivity contribution >= 4 is 59.5 Å². The van der Waals surface area contributed by atoms with E-state index in [0.29, 0.717) is 18.9 Å². The normalized spacial score (nSPS) is 10.8. The fraction of sp³-hybridized carbons (Fsp3) is 0.500. The van der Waals surface area contributed by atoms with Crippen LogP contribution in [0.1, 0.15) is 91.1 Å². The zero-order valence-electron chi connectivity index (χ0n) is 32.3. The molecule has 1 atom stereocenters. The minimum absolute atomic E-state index is 0.0150. The number of carbonyl (C=O) groups is 2. The third kappa shape index (κ3) is 17.2. The van der Waals surface area contributed by atoms with Crippen molar-refractivity contribution in [1.82, 2.24) is 30.2 Å². The van der Waals surface area contributed by atoms with Crippen LogP contribution in [0.4, 0.5) is 0 Å². The van der Waals surface area contributed by atoms with E-state index in [2.05, 4.69) is 91.3 Å². The summed E-state index contributed by atoms with van der Waals surface area (Å²) in [4.78, 5) is 40.4. The van der Waals surface area contributed by atoms with Gasteiger partial charge in [0.05, 0.1) is 34.7 Å². The Morgan fingerprint density at radius 2 is 1.61 bits per heavy atom. The quantitative estimate of drug-likeness (QED) is 0.0337. The standard InChI is InChI=1S/C30H35N5OS2.C5H12.C4H9NO.CH4S/c1-6-15-35(29(36)27(37-4)16-20(2)3)19-28-31-18-26(32-28)23-12-9-21(10-13-23)7-8-22-11-14-24-25(17-22)34-30(33-24)38-5;1-4-5(2)3;1-2-3-5-4-6;1-2/h9-14,17-18,20,27H,6,15-16,19H2,1-5H3,(H,31,32)(H,33,34);5H,4H2,1-3H3;4H,2-3H2,1H3,(H,5,6);2H,1H3. The summed E-state index contributed by atoms with van der Waals surface area (Å²) >= 11 is 6.76. The number of imidazole rings is 2. The monoisotopic (exact) mass is 752 g/mol. The maximum Gasteiger partial charge on any atom is 0.236 e. The lowest BCUT2D eigenvalue weighted by molar-refractivity contribution is -0.131. The number of hydrogen-bond donors (Lipinski definition) is 4. The van der Waals surface area contributed by atoms with Crippen molar-refractivity contribution in [3.63, 3.8) is 0 Å². The number of H-pyrrole nitrogens is 2. The third-order valence-corrected chi connectivity index (χ3v) is 9.06. The third-order valence-electron chi connectivity index (χ3n) is 7.51. The van der Waals surface area contributed by atoms with Gasteiger partial charge in [-0.3, -0.25) is 9.59 Å². The molecule has 4 aromatic rings. The predicted octanol–water partition coefficient (Wildman–Crippen LogP) is 9.33. The van der Waals surface area contributed by atoms with Crippen LogP contribution in [0.2, 0.25) is 0 Å². The molecule has 0 bridgehead atoms. The molecule has 0 aliphatic heterocycles. The molecule has 0 fully saturated rings. The summed E-state index contributed by atoms with van der Waals surface area (Å²) in [6.07, 6.45) is 12.4. The van der Waals surface area contributed by atoms with E-state index in [1.165, 1.54) is 6.42 Å². The molecule has 0 aliphatic rings. The van der Waals surface area contributed by atoms with E-state index in [0.717, 1.165) is 82.7 Å². The number of nitrogens with one attached hydrogen (secondary N) is 3. The van der Waals surface area contributed by atoms with Gasteiger partial charge in [-0.2, -0.15) is 24.4 Å². The Labute approximate surface area is 321 Å². The first-order chi connectivity index (χ1) is 24.6. The number of benzene rings is 2. The molecule has 0 radical (unpaired) electrons. The molecule has 8 nitrogen and oxygen atoms in total. The Bertz CT molecular complexity index is 1610. The van der Waals surface area contributed by atoms with Crippen LogP contribution in [-0.4, -0.2) is 74.3 Å². The van der Waals surface area contributed by atoms with Crippen molar-refractivity contribution in [3.8, 4) is 23.1 Å². The number of hydrogen-bond acceptors (Lipinski definition) is 7. The molecule has 0 aliphatic carbocycles. The molecule has 2 aromatic heterocycles. The maximum absolute atomic E-state index is 13.2. The van der Waals surface area contributed by atoms with Crippen LogP contribution in [-0.2, 0) is 16.1 Å². The molecule has 2 amide bonds. The Kier molecular flexibility index (Phi) is 23.7. The molecule has 11 heteroatoms. The summed E-state index contributed by atoms with van der Waals surface area (Å²) in [7, 11) is 0. The number of carbonyl (C=O) groups excluding carboxylic acids is 2. The van der Waals surface area contributed by atoms with Gasteiger partial charge in [0.15, 0.2) is 5.16 Å². The molecular formula is C40H60N6O2S3. The van der Waals surface area contributed by atoms with Gasteiger partial charge in [-0.15, -0.1) is 0 Å². The maximum atomic E-state index is 13.2. The fourth-order valence-corrected chi connectivity index (χ4v) is 5.81. The molecule has 51 heavy (non-hydrogen) atoms. The fourth-order valence-electron chi connectivity index (χ4n) is 4.48. The highest BCUT2D eigenvalue weighted by atomic mass is 32.2. The number of nitrogens with zero attached hydrogens (tertiary/aromatic N) is 3. The van der Waals surface area contributed by atoms with Crippen LogP contribution < -0.4 is 5.32 Å². The molecule has 1 unspecified atom stereocenters. The van der Waals surface area contributed by atoms with Crippen molar-refractivity contribution in [2.75, 3.05) is 31.9 Å². The average molecular weight is 753 g/mol. The molecule has 0 spiro atoms. The lowest BCUT2D eigenvalue weighted by atomic mass is 10.1. The molecular weight excluding hydrogens is 693 g/mol. The van der Waals surface area contributed by atoms with Gasteiger partial charge in [0, 0.05) is 24.2 Å². The lowest BCUT2D eigenvalue weighted by Gasteiger charge is -2.26.